The standard InChI is InChI=1S/C23H20N2O2S/c1-14-7-10-17(11-8-14)25-22(26)20(19-5-4-12-28-19)21(23(25)27)24-18-13-15(2)6-9-16(18)3/h4-13,24H,1-3H3. The number of carbonyl (C=O) groups is 2. The van der Waals surface area contributed by atoms with E-state index in [4.69, 9.17) is 0 Å². The zero-order chi connectivity index (χ0) is 19.8. The molecule has 2 aromatic carbocycles. The summed E-state index contributed by atoms with van der Waals surface area (Å²) < 4.78 is 0. The number of rotatable bonds is 4. The molecule has 140 valence electrons. The molecular formula is C23H20N2O2S. The highest BCUT2D eigenvalue weighted by molar-refractivity contribution is 7.11. The zero-order valence-corrected chi connectivity index (χ0v) is 16.8. The van der Waals surface area contributed by atoms with E-state index in [1.54, 1.807) is 12.1 Å². The monoisotopic (exact) mass is 388 g/mol. The highest BCUT2D eigenvalue weighted by Crippen LogP contribution is 2.36. The van der Waals surface area contributed by atoms with Crippen LogP contribution in [-0.4, -0.2) is 11.8 Å². The van der Waals surface area contributed by atoms with E-state index in [2.05, 4.69) is 5.32 Å². The SMILES string of the molecule is Cc1ccc(N2C(=O)C(Nc3cc(C)ccc3C)=C(c3cccs3)C2=O)cc1. The van der Waals surface area contributed by atoms with Crippen LogP contribution in [0.25, 0.3) is 5.57 Å². The number of hydrogen-bond donors (Lipinski definition) is 1. The molecule has 0 atom stereocenters. The Balaban J connectivity index is 1.81. The number of aryl methyl sites for hydroxylation is 3. The number of carbonyl (C=O) groups excluding carboxylic acids is 2. The smallest absolute Gasteiger partial charge is 0.282 e. The van der Waals surface area contributed by atoms with E-state index in [1.807, 2.05) is 68.6 Å². The minimum absolute atomic E-state index is 0.302. The molecule has 0 saturated heterocycles. The Morgan fingerprint density at radius 2 is 1.57 bits per heavy atom. The summed E-state index contributed by atoms with van der Waals surface area (Å²) in [5.41, 5.74) is 5.31. The average molecular weight is 388 g/mol. The quantitative estimate of drug-likeness (QED) is 0.635. The van der Waals surface area contributed by atoms with Crippen LogP contribution in [0.4, 0.5) is 11.4 Å². The molecule has 4 rings (SSSR count). The van der Waals surface area contributed by atoms with Gasteiger partial charge in [0.25, 0.3) is 11.8 Å². The van der Waals surface area contributed by atoms with Gasteiger partial charge in [-0.1, -0.05) is 35.9 Å². The summed E-state index contributed by atoms with van der Waals surface area (Å²) in [6.45, 7) is 5.95. The fraction of sp³-hybridized carbons (Fsp3) is 0.130. The third-order valence-electron chi connectivity index (χ3n) is 4.80. The van der Waals surface area contributed by atoms with Crippen molar-refractivity contribution in [1.29, 1.82) is 0 Å². The number of anilines is 2. The lowest BCUT2D eigenvalue weighted by molar-refractivity contribution is -0.120. The third-order valence-corrected chi connectivity index (χ3v) is 5.68. The van der Waals surface area contributed by atoms with Crippen LogP contribution in [0.2, 0.25) is 0 Å². The number of amides is 2. The Morgan fingerprint density at radius 3 is 2.25 bits per heavy atom. The van der Waals surface area contributed by atoms with Gasteiger partial charge >= 0.3 is 0 Å². The Kier molecular flexibility index (Phi) is 4.61. The summed E-state index contributed by atoms with van der Waals surface area (Å²) >= 11 is 1.45. The molecule has 0 radical (unpaired) electrons. The molecule has 2 amide bonds. The molecule has 4 nitrogen and oxygen atoms in total. The molecular weight excluding hydrogens is 368 g/mol. The number of benzene rings is 2. The van der Waals surface area contributed by atoms with Gasteiger partial charge in [0.05, 0.1) is 11.3 Å². The Bertz CT molecular complexity index is 1100. The highest BCUT2D eigenvalue weighted by Gasteiger charge is 2.40. The second-order valence-corrected chi connectivity index (χ2v) is 7.90. The van der Waals surface area contributed by atoms with Crippen LogP contribution < -0.4 is 10.2 Å². The molecule has 1 aliphatic rings. The van der Waals surface area contributed by atoms with Gasteiger partial charge in [0, 0.05) is 10.6 Å². The van der Waals surface area contributed by atoms with Crippen molar-refractivity contribution in [3.8, 4) is 0 Å². The lowest BCUT2D eigenvalue weighted by Gasteiger charge is -2.16. The first-order chi connectivity index (χ1) is 13.5. The van der Waals surface area contributed by atoms with E-state index in [1.165, 1.54) is 16.2 Å². The molecule has 1 N–H and O–H groups in total. The van der Waals surface area contributed by atoms with Gasteiger partial charge < -0.3 is 5.32 Å². The number of nitrogens with one attached hydrogen (secondary N) is 1. The zero-order valence-electron chi connectivity index (χ0n) is 15.9. The molecule has 3 aromatic rings. The first kappa shape index (κ1) is 18.2. The number of nitrogens with zero attached hydrogens (tertiary/aromatic N) is 1. The van der Waals surface area contributed by atoms with E-state index < -0.39 is 0 Å². The predicted octanol–water partition coefficient (Wildman–Crippen LogP) is 5.07. The molecule has 1 aliphatic heterocycles. The van der Waals surface area contributed by atoms with E-state index >= 15 is 0 Å². The number of thiophene rings is 1. The van der Waals surface area contributed by atoms with E-state index in [9.17, 15) is 9.59 Å². The van der Waals surface area contributed by atoms with Crippen LogP contribution in [0.3, 0.4) is 0 Å². The van der Waals surface area contributed by atoms with Gasteiger partial charge in [0.15, 0.2) is 0 Å². The van der Waals surface area contributed by atoms with E-state index in [0.717, 1.165) is 27.3 Å². The van der Waals surface area contributed by atoms with Gasteiger partial charge in [0.1, 0.15) is 5.70 Å². The minimum atomic E-state index is -0.335. The average Bonchev–Trinajstić information content (AvgIpc) is 3.27. The van der Waals surface area contributed by atoms with Crippen molar-refractivity contribution in [2.24, 2.45) is 0 Å². The largest absolute Gasteiger partial charge is 0.350 e. The van der Waals surface area contributed by atoms with Crippen molar-refractivity contribution < 1.29 is 9.59 Å². The number of hydrogen-bond acceptors (Lipinski definition) is 4. The predicted molar refractivity (Wildman–Crippen MR) is 114 cm³/mol. The maximum Gasteiger partial charge on any atom is 0.282 e. The van der Waals surface area contributed by atoms with Gasteiger partial charge in [-0.25, -0.2) is 4.90 Å². The second-order valence-electron chi connectivity index (χ2n) is 6.95. The summed E-state index contributed by atoms with van der Waals surface area (Å²) in [4.78, 5) is 28.6. The fourth-order valence-electron chi connectivity index (χ4n) is 3.23. The second kappa shape index (κ2) is 7.09. The van der Waals surface area contributed by atoms with Crippen LogP contribution in [0.15, 0.2) is 65.7 Å². The fourth-order valence-corrected chi connectivity index (χ4v) is 4.00. The maximum atomic E-state index is 13.3. The molecule has 0 fully saturated rings. The van der Waals surface area contributed by atoms with Gasteiger partial charge in [-0.3, -0.25) is 9.59 Å². The van der Waals surface area contributed by atoms with Crippen LogP contribution in [0.5, 0.6) is 0 Å². The van der Waals surface area contributed by atoms with Gasteiger partial charge in [-0.2, -0.15) is 0 Å². The molecule has 1 aromatic heterocycles. The summed E-state index contributed by atoms with van der Waals surface area (Å²) in [5.74, 6) is -0.637. The van der Waals surface area contributed by atoms with Gasteiger partial charge in [-0.05, 0) is 61.5 Å². The highest BCUT2D eigenvalue weighted by atomic mass is 32.1. The summed E-state index contributed by atoms with van der Waals surface area (Å²) in [6.07, 6.45) is 0. The van der Waals surface area contributed by atoms with E-state index in [0.29, 0.717) is 17.0 Å². The molecule has 28 heavy (non-hydrogen) atoms. The Morgan fingerprint density at radius 1 is 0.857 bits per heavy atom. The van der Waals surface area contributed by atoms with Crippen molar-refractivity contribution in [3.05, 3.63) is 87.2 Å². The molecule has 0 saturated carbocycles. The van der Waals surface area contributed by atoms with Crippen LogP contribution >= 0.6 is 11.3 Å². The molecule has 0 unspecified atom stereocenters. The van der Waals surface area contributed by atoms with Gasteiger partial charge in [0.2, 0.25) is 0 Å². The van der Waals surface area contributed by atoms with Crippen molar-refractivity contribution in [3.63, 3.8) is 0 Å². The van der Waals surface area contributed by atoms with Gasteiger partial charge in [-0.15, -0.1) is 11.3 Å². The number of imide groups is 1. The maximum absolute atomic E-state index is 13.3. The Labute approximate surface area is 168 Å². The van der Waals surface area contributed by atoms with Crippen LogP contribution in [0.1, 0.15) is 21.6 Å². The lowest BCUT2D eigenvalue weighted by Crippen LogP contribution is -2.32. The van der Waals surface area contributed by atoms with Crippen molar-refractivity contribution in [1.82, 2.24) is 0 Å². The summed E-state index contributed by atoms with van der Waals surface area (Å²) in [7, 11) is 0. The summed E-state index contributed by atoms with van der Waals surface area (Å²) in [6, 6.07) is 17.2. The van der Waals surface area contributed by atoms with Crippen molar-refractivity contribution in [2.45, 2.75) is 20.8 Å². The van der Waals surface area contributed by atoms with Crippen molar-refractivity contribution in [2.75, 3.05) is 10.2 Å². The molecule has 5 heteroatoms. The first-order valence-corrected chi connectivity index (χ1v) is 9.91. The summed E-state index contributed by atoms with van der Waals surface area (Å²) in [5, 5.41) is 5.16. The third kappa shape index (κ3) is 3.14. The van der Waals surface area contributed by atoms with Crippen LogP contribution in [-0.2, 0) is 9.59 Å². The Hall–Kier alpha value is -3.18. The topological polar surface area (TPSA) is 49.4 Å². The molecule has 2 heterocycles. The van der Waals surface area contributed by atoms with E-state index in [-0.39, 0.29) is 11.8 Å². The molecule has 0 aliphatic carbocycles. The molecule has 0 bridgehead atoms. The molecule has 0 spiro atoms. The van der Waals surface area contributed by atoms with Crippen LogP contribution in [0, 0.1) is 20.8 Å². The first-order valence-electron chi connectivity index (χ1n) is 9.03. The van der Waals surface area contributed by atoms with Crippen molar-refractivity contribution >= 4 is 40.1 Å². The normalized spacial score (nSPS) is 14.2. The minimum Gasteiger partial charge on any atom is -0.350 e. The lowest BCUT2D eigenvalue weighted by atomic mass is 10.1.